The summed E-state index contributed by atoms with van der Waals surface area (Å²) in [5.41, 5.74) is 2.35. The van der Waals surface area contributed by atoms with E-state index in [9.17, 15) is 15.0 Å². The Hall–Kier alpha value is -2.48. The molecule has 2 unspecified atom stereocenters. The third-order valence-corrected chi connectivity index (χ3v) is 7.17. The summed E-state index contributed by atoms with van der Waals surface area (Å²) >= 11 is 6.15. The molecule has 2 fully saturated rings. The van der Waals surface area contributed by atoms with E-state index in [1.165, 1.54) is 12.5 Å². The van der Waals surface area contributed by atoms with Crippen LogP contribution >= 0.6 is 11.6 Å². The van der Waals surface area contributed by atoms with E-state index in [0.29, 0.717) is 18.8 Å². The molecule has 170 valence electrons. The Kier molecular flexibility index (Phi) is 5.43. The summed E-state index contributed by atoms with van der Waals surface area (Å²) < 4.78 is 6.36. The van der Waals surface area contributed by atoms with Gasteiger partial charge in [-0.05, 0) is 35.9 Å². The first-order valence-electron chi connectivity index (χ1n) is 11.1. The number of benzene rings is 2. The Morgan fingerprint density at radius 2 is 1.97 bits per heavy atom. The van der Waals surface area contributed by atoms with Crippen molar-refractivity contribution in [3.05, 3.63) is 47.0 Å². The van der Waals surface area contributed by atoms with Crippen molar-refractivity contribution in [2.45, 2.75) is 43.9 Å². The maximum absolute atomic E-state index is 11.6. The van der Waals surface area contributed by atoms with Gasteiger partial charge in [0.05, 0.1) is 23.5 Å². The van der Waals surface area contributed by atoms with Crippen LogP contribution < -0.4 is 15.0 Å². The number of anilines is 2. The molecule has 2 aromatic carbocycles. The third-order valence-electron chi connectivity index (χ3n) is 6.93. The van der Waals surface area contributed by atoms with Crippen molar-refractivity contribution in [2.24, 2.45) is 0 Å². The van der Waals surface area contributed by atoms with Gasteiger partial charge in [0, 0.05) is 63.5 Å². The molecule has 0 radical (unpaired) electrons. The van der Waals surface area contributed by atoms with E-state index in [-0.39, 0.29) is 23.3 Å². The van der Waals surface area contributed by atoms with Crippen LogP contribution in [0.3, 0.4) is 0 Å². The highest BCUT2D eigenvalue weighted by atomic mass is 35.5. The second-order valence-corrected chi connectivity index (χ2v) is 9.61. The van der Waals surface area contributed by atoms with Crippen molar-refractivity contribution in [1.29, 1.82) is 0 Å². The maximum Gasteiger partial charge on any atom is 0.221 e. The first-order valence-corrected chi connectivity index (χ1v) is 11.4. The van der Waals surface area contributed by atoms with Crippen LogP contribution in [-0.4, -0.2) is 64.9 Å². The number of aromatic hydroxyl groups is 1. The molecule has 0 saturated carbocycles. The van der Waals surface area contributed by atoms with Crippen molar-refractivity contribution >= 4 is 28.9 Å². The second kappa shape index (κ2) is 8.14. The number of nitrogens with one attached hydrogen (secondary N) is 1. The second-order valence-electron chi connectivity index (χ2n) is 9.17. The number of β-amino-alcohol motifs (C(OH)–C–C–N with tert-alkyl or cyclic N) is 1. The lowest BCUT2D eigenvalue weighted by Gasteiger charge is -2.41. The first kappa shape index (κ1) is 21.4. The fourth-order valence-electron chi connectivity index (χ4n) is 5.35. The van der Waals surface area contributed by atoms with Gasteiger partial charge in [-0.2, -0.15) is 0 Å². The third kappa shape index (κ3) is 4.00. The molecule has 2 saturated heterocycles. The van der Waals surface area contributed by atoms with Gasteiger partial charge >= 0.3 is 0 Å². The minimum atomic E-state index is -0.517. The lowest BCUT2D eigenvalue weighted by atomic mass is 9.86. The Bertz CT molecular complexity index is 1040. The zero-order valence-electron chi connectivity index (χ0n) is 18.1. The van der Waals surface area contributed by atoms with Gasteiger partial charge in [-0.3, -0.25) is 9.69 Å². The SMILES string of the molecule is CC(=O)Nc1ccc(O)cc1N1CC(O)C(N2CCC3(CC2)Cc2cc(Cl)ccc2O3)C1. The van der Waals surface area contributed by atoms with Gasteiger partial charge in [0.1, 0.15) is 17.1 Å². The normalized spacial score (nSPS) is 24.4. The van der Waals surface area contributed by atoms with Crippen LogP contribution in [0.4, 0.5) is 11.4 Å². The van der Waals surface area contributed by atoms with Gasteiger partial charge in [0.2, 0.25) is 5.91 Å². The summed E-state index contributed by atoms with van der Waals surface area (Å²) in [6.45, 7) is 4.22. The molecule has 0 aromatic heterocycles. The van der Waals surface area contributed by atoms with Crippen LogP contribution in [0, 0.1) is 0 Å². The van der Waals surface area contributed by atoms with Gasteiger partial charge in [-0.1, -0.05) is 11.6 Å². The smallest absolute Gasteiger partial charge is 0.221 e. The Morgan fingerprint density at radius 1 is 1.19 bits per heavy atom. The van der Waals surface area contributed by atoms with E-state index in [0.717, 1.165) is 48.8 Å². The summed E-state index contributed by atoms with van der Waals surface area (Å²) in [6, 6.07) is 10.7. The number of aliphatic hydroxyl groups is 1. The van der Waals surface area contributed by atoms with Crippen LogP contribution in [0.2, 0.25) is 5.02 Å². The van der Waals surface area contributed by atoms with Crippen LogP contribution in [0.5, 0.6) is 11.5 Å². The van der Waals surface area contributed by atoms with Crippen LogP contribution in [0.25, 0.3) is 0 Å². The summed E-state index contributed by atoms with van der Waals surface area (Å²) in [6.07, 6.45) is 2.15. The molecule has 3 N–H and O–H groups in total. The van der Waals surface area contributed by atoms with Gasteiger partial charge in [0.25, 0.3) is 0 Å². The fraction of sp³-hybridized carbons (Fsp3) is 0.458. The molecule has 2 aromatic rings. The molecule has 3 heterocycles. The highest BCUT2D eigenvalue weighted by Crippen LogP contribution is 2.43. The van der Waals surface area contributed by atoms with E-state index < -0.39 is 6.10 Å². The molecule has 5 rings (SSSR count). The van der Waals surface area contributed by atoms with E-state index in [1.54, 1.807) is 18.2 Å². The number of hydrogen-bond acceptors (Lipinski definition) is 6. The van der Waals surface area contributed by atoms with Gasteiger partial charge in [0.15, 0.2) is 0 Å². The number of likely N-dealkylation sites (tertiary alicyclic amines) is 1. The molecule has 3 aliphatic heterocycles. The summed E-state index contributed by atoms with van der Waals surface area (Å²) in [5.74, 6) is 0.891. The quantitative estimate of drug-likeness (QED) is 0.614. The molecular formula is C24H28ClN3O4. The highest BCUT2D eigenvalue weighted by Gasteiger charge is 2.45. The Balaban J connectivity index is 1.26. The summed E-state index contributed by atoms with van der Waals surface area (Å²) in [4.78, 5) is 16.0. The molecule has 2 atom stereocenters. The number of hydrogen-bond donors (Lipinski definition) is 3. The number of ether oxygens (including phenoxy) is 1. The first-order chi connectivity index (χ1) is 15.3. The fourth-order valence-corrected chi connectivity index (χ4v) is 5.54. The number of nitrogens with zero attached hydrogens (tertiary/aromatic N) is 2. The lowest BCUT2D eigenvalue weighted by molar-refractivity contribution is -0.114. The summed E-state index contributed by atoms with van der Waals surface area (Å²) in [7, 11) is 0. The zero-order chi connectivity index (χ0) is 22.5. The van der Waals surface area contributed by atoms with E-state index >= 15 is 0 Å². The number of carbonyl (C=O) groups excluding carboxylic acids is 1. The van der Waals surface area contributed by atoms with Crippen molar-refractivity contribution < 1.29 is 19.7 Å². The number of carbonyl (C=O) groups is 1. The highest BCUT2D eigenvalue weighted by molar-refractivity contribution is 6.30. The zero-order valence-corrected chi connectivity index (χ0v) is 18.8. The minimum absolute atomic E-state index is 0.0156. The topological polar surface area (TPSA) is 85.3 Å². The molecular weight excluding hydrogens is 430 g/mol. The van der Waals surface area contributed by atoms with Crippen LogP contribution in [0.15, 0.2) is 36.4 Å². The molecule has 8 heteroatoms. The van der Waals surface area contributed by atoms with Crippen LogP contribution in [-0.2, 0) is 11.2 Å². The Morgan fingerprint density at radius 3 is 2.72 bits per heavy atom. The molecule has 32 heavy (non-hydrogen) atoms. The average molecular weight is 458 g/mol. The number of amides is 1. The predicted octanol–water partition coefficient (Wildman–Crippen LogP) is 3.02. The van der Waals surface area contributed by atoms with Gasteiger partial charge in [-0.15, -0.1) is 0 Å². The predicted molar refractivity (Wildman–Crippen MR) is 124 cm³/mol. The number of aliphatic hydroxyl groups excluding tert-OH is 1. The van der Waals surface area contributed by atoms with Crippen molar-refractivity contribution in [3.8, 4) is 11.5 Å². The van der Waals surface area contributed by atoms with E-state index in [1.807, 2.05) is 23.1 Å². The molecule has 1 amide bonds. The Labute approximate surface area is 192 Å². The molecule has 0 aliphatic carbocycles. The number of piperidine rings is 1. The standard InChI is InChI=1S/C24H28ClN3O4/c1-15(29)26-19-4-3-18(30)11-20(19)28-13-21(22(31)14-28)27-8-6-24(7-9-27)12-16-10-17(25)2-5-23(16)32-24/h2-5,10-11,21-22,30-31H,6-9,12-14H2,1H3,(H,26,29). The number of phenols is 1. The molecule has 7 nitrogen and oxygen atoms in total. The largest absolute Gasteiger partial charge is 0.508 e. The van der Waals surface area contributed by atoms with Crippen molar-refractivity contribution in [2.75, 3.05) is 36.4 Å². The number of rotatable bonds is 3. The van der Waals surface area contributed by atoms with Gasteiger partial charge < -0.3 is 25.2 Å². The summed E-state index contributed by atoms with van der Waals surface area (Å²) in [5, 5.41) is 24.4. The number of phenolic OH excluding ortho intramolecular Hbond substituents is 1. The molecule has 0 bridgehead atoms. The van der Waals surface area contributed by atoms with E-state index in [2.05, 4.69) is 10.2 Å². The number of halogens is 1. The van der Waals surface area contributed by atoms with Crippen molar-refractivity contribution in [3.63, 3.8) is 0 Å². The minimum Gasteiger partial charge on any atom is -0.508 e. The molecule has 1 spiro atoms. The average Bonchev–Trinajstić information content (AvgIpc) is 3.29. The van der Waals surface area contributed by atoms with E-state index in [4.69, 9.17) is 16.3 Å². The number of fused-ring (bicyclic) bond motifs is 1. The van der Waals surface area contributed by atoms with Gasteiger partial charge in [-0.25, -0.2) is 0 Å². The molecule has 3 aliphatic rings. The lowest BCUT2D eigenvalue weighted by Crippen LogP contribution is -2.53. The van der Waals surface area contributed by atoms with Crippen molar-refractivity contribution in [1.82, 2.24) is 4.90 Å². The monoisotopic (exact) mass is 457 g/mol. The van der Waals surface area contributed by atoms with Crippen LogP contribution in [0.1, 0.15) is 25.3 Å². The maximum atomic E-state index is 11.6.